The van der Waals surface area contributed by atoms with Gasteiger partial charge in [0.2, 0.25) is 0 Å². The molecule has 116 valence electrons. The molecule has 3 nitrogen and oxygen atoms in total. The second-order valence-electron chi connectivity index (χ2n) is 5.42. The first kappa shape index (κ1) is 18.9. The summed E-state index contributed by atoms with van der Waals surface area (Å²) in [6.45, 7) is 19.7. The summed E-state index contributed by atoms with van der Waals surface area (Å²) in [5.74, 6) is 0. The monoisotopic (exact) mass is 271 g/mol. The van der Waals surface area contributed by atoms with Gasteiger partial charge in [-0.1, -0.05) is 27.7 Å². The van der Waals surface area contributed by atoms with Crippen LogP contribution in [0.15, 0.2) is 0 Å². The highest BCUT2D eigenvalue weighted by Crippen LogP contribution is 2.01. The normalized spacial score (nSPS) is 13.4. The first-order valence-electron chi connectivity index (χ1n) is 8.35. The highest BCUT2D eigenvalue weighted by Gasteiger charge is 2.05. The molecule has 0 amide bonds. The molecule has 0 aromatic heterocycles. The maximum Gasteiger partial charge on any atom is 0.00390 e. The summed E-state index contributed by atoms with van der Waals surface area (Å²) < 4.78 is 0. The molecule has 0 saturated heterocycles. The minimum absolute atomic E-state index is 0.666. The third-order valence-corrected chi connectivity index (χ3v) is 3.95. The van der Waals surface area contributed by atoms with E-state index in [0.717, 1.165) is 6.54 Å². The maximum atomic E-state index is 3.49. The lowest BCUT2D eigenvalue weighted by atomic mass is 10.1. The van der Waals surface area contributed by atoms with Crippen molar-refractivity contribution in [2.24, 2.45) is 0 Å². The molecule has 0 rings (SSSR count). The van der Waals surface area contributed by atoms with E-state index in [2.05, 4.69) is 49.7 Å². The van der Waals surface area contributed by atoms with Gasteiger partial charge in [0.05, 0.1) is 0 Å². The fourth-order valence-electron chi connectivity index (χ4n) is 2.56. The number of nitrogens with zero attached hydrogens (tertiary/aromatic N) is 2. The molecule has 0 aromatic rings. The Labute approximate surface area is 121 Å². The highest BCUT2D eigenvalue weighted by atomic mass is 15.1. The summed E-state index contributed by atoms with van der Waals surface area (Å²) in [4.78, 5) is 5.11. The molecular weight excluding hydrogens is 234 g/mol. The van der Waals surface area contributed by atoms with Gasteiger partial charge >= 0.3 is 0 Å². The number of hydrogen-bond acceptors (Lipinski definition) is 3. The van der Waals surface area contributed by atoms with E-state index >= 15 is 0 Å². The lowest BCUT2D eigenvalue weighted by Gasteiger charge is -2.24. The van der Waals surface area contributed by atoms with Gasteiger partial charge in [0.15, 0.2) is 0 Å². The molecule has 0 bridgehead atoms. The number of hydrogen-bond donors (Lipinski definition) is 1. The van der Waals surface area contributed by atoms with Gasteiger partial charge in [-0.15, -0.1) is 0 Å². The van der Waals surface area contributed by atoms with Crippen molar-refractivity contribution in [2.45, 2.75) is 59.9 Å². The van der Waals surface area contributed by atoms with Gasteiger partial charge in [-0.05, 0) is 72.0 Å². The molecule has 0 aromatic carbocycles. The zero-order valence-electron chi connectivity index (χ0n) is 14.0. The maximum absolute atomic E-state index is 3.49. The van der Waals surface area contributed by atoms with Crippen LogP contribution in [-0.2, 0) is 0 Å². The molecule has 1 N–H and O–H groups in total. The summed E-state index contributed by atoms with van der Waals surface area (Å²) in [5.41, 5.74) is 0. The second-order valence-corrected chi connectivity index (χ2v) is 5.42. The average molecular weight is 271 g/mol. The van der Waals surface area contributed by atoms with Crippen LogP contribution in [0.4, 0.5) is 0 Å². The van der Waals surface area contributed by atoms with Gasteiger partial charge in [0.1, 0.15) is 0 Å². The molecule has 0 fully saturated rings. The van der Waals surface area contributed by atoms with E-state index in [4.69, 9.17) is 0 Å². The zero-order chi connectivity index (χ0) is 14.5. The van der Waals surface area contributed by atoms with Gasteiger partial charge < -0.3 is 15.1 Å². The molecule has 19 heavy (non-hydrogen) atoms. The van der Waals surface area contributed by atoms with Gasteiger partial charge in [0, 0.05) is 6.04 Å². The van der Waals surface area contributed by atoms with Gasteiger partial charge in [0.25, 0.3) is 0 Å². The smallest absolute Gasteiger partial charge is 0.00390 e. The average Bonchev–Trinajstić information content (AvgIpc) is 2.42. The van der Waals surface area contributed by atoms with E-state index < -0.39 is 0 Å². The summed E-state index contributed by atoms with van der Waals surface area (Å²) in [6.07, 6.45) is 3.91. The predicted octanol–water partition coefficient (Wildman–Crippen LogP) is 2.82. The molecule has 0 aliphatic heterocycles. The van der Waals surface area contributed by atoms with Crippen LogP contribution >= 0.6 is 0 Å². The van der Waals surface area contributed by atoms with Crippen molar-refractivity contribution < 1.29 is 0 Å². The van der Waals surface area contributed by atoms with Gasteiger partial charge in [-0.2, -0.15) is 0 Å². The van der Waals surface area contributed by atoms with E-state index in [9.17, 15) is 0 Å². The summed E-state index contributed by atoms with van der Waals surface area (Å²) in [5, 5.41) is 3.49. The zero-order valence-corrected chi connectivity index (χ0v) is 14.0. The van der Waals surface area contributed by atoms with Crippen molar-refractivity contribution >= 4 is 0 Å². The van der Waals surface area contributed by atoms with E-state index in [1.165, 1.54) is 58.5 Å². The van der Waals surface area contributed by atoms with Crippen molar-refractivity contribution in [2.75, 3.05) is 45.8 Å². The Kier molecular flexibility index (Phi) is 12.8. The lowest BCUT2D eigenvalue weighted by molar-refractivity contribution is 0.238. The predicted molar refractivity (Wildman–Crippen MR) is 86.9 cm³/mol. The quantitative estimate of drug-likeness (QED) is 0.556. The number of rotatable bonds is 13. The summed E-state index contributed by atoms with van der Waals surface area (Å²) in [6, 6.07) is 0.666. The fourth-order valence-corrected chi connectivity index (χ4v) is 2.56. The molecular formula is C16H37N3. The van der Waals surface area contributed by atoms with Crippen LogP contribution in [0, 0.1) is 0 Å². The molecule has 0 aliphatic carbocycles. The Hall–Kier alpha value is -0.120. The largest absolute Gasteiger partial charge is 0.315 e. The van der Waals surface area contributed by atoms with Crippen LogP contribution in [0.2, 0.25) is 0 Å². The van der Waals surface area contributed by atoms with Crippen LogP contribution in [0.1, 0.15) is 53.9 Å². The minimum atomic E-state index is 0.666. The van der Waals surface area contributed by atoms with Gasteiger partial charge in [-0.3, -0.25) is 0 Å². The van der Waals surface area contributed by atoms with Crippen LogP contribution in [0.25, 0.3) is 0 Å². The lowest BCUT2D eigenvalue weighted by Crippen LogP contribution is -2.32. The first-order chi connectivity index (χ1) is 9.17. The number of nitrogens with one attached hydrogen (secondary N) is 1. The molecule has 3 heteroatoms. The Bertz CT molecular complexity index is 181. The van der Waals surface area contributed by atoms with Crippen LogP contribution in [0.5, 0.6) is 0 Å². The Morgan fingerprint density at radius 2 is 1.32 bits per heavy atom. The van der Waals surface area contributed by atoms with E-state index in [1.54, 1.807) is 0 Å². The third-order valence-electron chi connectivity index (χ3n) is 3.95. The molecule has 0 saturated carbocycles. The Balaban J connectivity index is 3.65. The van der Waals surface area contributed by atoms with Crippen molar-refractivity contribution in [3.8, 4) is 0 Å². The Morgan fingerprint density at radius 1 is 0.789 bits per heavy atom. The summed E-state index contributed by atoms with van der Waals surface area (Å²) in [7, 11) is 0. The summed E-state index contributed by atoms with van der Waals surface area (Å²) >= 11 is 0. The first-order valence-corrected chi connectivity index (χ1v) is 8.35. The van der Waals surface area contributed by atoms with Crippen molar-refractivity contribution in [3.05, 3.63) is 0 Å². The molecule has 0 heterocycles. The fraction of sp³-hybridized carbons (Fsp3) is 1.00. The van der Waals surface area contributed by atoms with E-state index in [1.807, 2.05) is 0 Å². The van der Waals surface area contributed by atoms with Crippen molar-refractivity contribution in [1.82, 2.24) is 15.1 Å². The third kappa shape index (κ3) is 10.3. The minimum Gasteiger partial charge on any atom is -0.315 e. The highest BCUT2D eigenvalue weighted by molar-refractivity contribution is 4.63. The van der Waals surface area contributed by atoms with Crippen molar-refractivity contribution in [1.29, 1.82) is 0 Å². The van der Waals surface area contributed by atoms with Crippen LogP contribution in [-0.4, -0.2) is 61.7 Å². The molecule has 1 unspecified atom stereocenters. The SMILES string of the molecule is CCNC(C)CCCN(CC)CCCN(CC)CC. The molecule has 0 spiro atoms. The van der Waals surface area contributed by atoms with Crippen molar-refractivity contribution in [3.63, 3.8) is 0 Å². The molecule has 0 radical (unpaired) electrons. The molecule has 0 aliphatic rings. The second kappa shape index (κ2) is 12.9. The van der Waals surface area contributed by atoms with Crippen LogP contribution < -0.4 is 5.32 Å². The molecule has 1 atom stereocenters. The van der Waals surface area contributed by atoms with E-state index in [0.29, 0.717) is 6.04 Å². The topological polar surface area (TPSA) is 18.5 Å². The van der Waals surface area contributed by atoms with Crippen LogP contribution in [0.3, 0.4) is 0 Å². The standard InChI is InChI=1S/C16H37N3/c1-6-17-16(5)12-10-13-19(9-4)15-11-14-18(7-2)8-3/h16-17H,6-15H2,1-5H3. The van der Waals surface area contributed by atoms with E-state index in [-0.39, 0.29) is 0 Å². The van der Waals surface area contributed by atoms with Gasteiger partial charge in [-0.25, -0.2) is 0 Å². The Morgan fingerprint density at radius 3 is 1.84 bits per heavy atom.